The zero-order valence-corrected chi connectivity index (χ0v) is 12.3. The molecular formula is C15H22N4O2. The molecule has 0 aromatic carbocycles. The lowest BCUT2D eigenvalue weighted by molar-refractivity contribution is 0.0372. The van der Waals surface area contributed by atoms with Crippen LogP contribution in [0.1, 0.15) is 5.69 Å². The molecule has 0 N–H and O–H groups in total. The highest BCUT2D eigenvalue weighted by molar-refractivity contribution is 5.74. The second kappa shape index (κ2) is 6.87. The third-order valence-corrected chi connectivity index (χ3v) is 4.04. The normalized spacial score (nSPS) is 20.6. The molecule has 114 valence electrons. The van der Waals surface area contributed by atoms with Crippen LogP contribution in [-0.4, -0.2) is 78.2 Å². The fraction of sp³-hybridized carbons (Fsp3) is 0.600. The van der Waals surface area contributed by atoms with E-state index in [0.717, 1.165) is 38.4 Å². The molecule has 2 fully saturated rings. The first-order valence-electron chi connectivity index (χ1n) is 7.57. The highest BCUT2D eigenvalue weighted by Gasteiger charge is 2.26. The van der Waals surface area contributed by atoms with Crippen molar-refractivity contribution in [2.45, 2.75) is 6.54 Å². The number of morpholine rings is 1. The van der Waals surface area contributed by atoms with Crippen LogP contribution in [0.2, 0.25) is 0 Å². The zero-order valence-electron chi connectivity index (χ0n) is 12.3. The predicted octanol–water partition coefficient (Wildman–Crippen LogP) is 0.651. The van der Waals surface area contributed by atoms with E-state index in [1.165, 1.54) is 0 Å². The van der Waals surface area contributed by atoms with Gasteiger partial charge in [-0.3, -0.25) is 9.88 Å². The quantitative estimate of drug-likeness (QED) is 0.802. The molecule has 3 rings (SSSR count). The lowest BCUT2D eigenvalue weighted by Gasteiger charge is -2.38. The minimum atomic E-state index is 0.163. The number of ether oxygens (including phenoxy) is 1. The minimum Gasteiger partial charge on any atom is -0.378 e. The van der Waals surface area contributed by atoms with Gasteiger partial charge in [-0.25, -0.2) is 4.79 Å². The summed E-state index contributed by atoms with van der Waals surface area (Å²) in [5.41, 5.74) is 1.09. The molecule has 2 aliphatic heterocycles. The van der Waals surface area contributed by atoms with Crippen LogP contribution in [0.5, 0.6) is 0 Å². The molecule has 2 saturated heterocycles. The Hall–Kier alpha value is -1.66. The number of piperazine rings is 1. The summed E-state index contributed by atoms with van der Waals surface area (Å²) in [7, 11) is 0. The van der Waals surface area contributed by atoms with Crippen molar-refractivity contribution in [3.63, 3.8) is 0 Å². The highest BCUT2D eigenvalue weighted by atomic mass is 16.5. The SMILES string of the molecule is O=C(N1CCOCC1)N1CCN(Cc2ccccn2)CC1. The van der Waals surface area contributed by atoms with Gasteiger partial charge in [-0.1, -0.05) is 6.07 Å². The van der Waals surface area contributed by atoms with E-state index >= 15 is 0 Å². The first-order chi connectivity index (χ1) is 10.3. The zero-order chi connectivity index (χ0) is 14.5. The van der Waals surface area contributed by atoms with Gasteiger partial charge in [-0.05, 0) is 12.1 Å². The van der Waals surface area contributed by atoms with Crippen LogP contribution in [0.25, 0.3) is 0 Å². The molecule has 2 aliphatic rings. The Balaban J connectivity index is 1.47. The van der Waals surface area contributed by atoms with Gasteiger partial charge in [0.1, 0.15) is 0 Å². The van der Waals surface area contributed by atoms with Gasteiger partial charge in [0.25, 0.3) is 0 Å². The van der Waals surface area contributed by atoms with Gasteiger partial charge >= 0.3 is 6.03 Å². The van der Waals surface area contributed by atoms with Crippen molar-refractivity contribution in [2.75, 3.05) is 52.5 Å². The number of pyridine rings is 1. The third kappa shape index (κ3) is 3.71. The lowest BCUT2D eigenvalue weighted by Crippen LogP contribution is -2.54. The summed E-state index contributed by atoms with van der Waals surface area (Å²) in [6.07, 6.45) is 1.83. The van der Waals surface area contributed by atoms with Crippen molar-refractivity contribution in [3.05, 3.63) is 30.1 Å². The smallest absolute Gasteiger partial charge is 0.320 e. The summed E-state index contributed by atoms with van der Waals surface area (Å²) >= 11 is 0. The molecule has 6 heteroatoms. The van der Waals surface area contributed by atoms with E-state index in [0.29, 0.717) is 26.3 Å². The third-order valence-electron chi connectivity index (χ3n) is 4.04. The molecule has 1 aromatic rings. The van der Waals surface area contributed by atoms with E-state index in [1.807, 2.05) is 34.2 Å². The van der Waals surface area contributed by atoms with Gasteiger partial charge in [-0.2, -0.15) is 0 Å². The maximum Gasteiger partial charge on any atom is 0.320 e. The van der Waals surface area contributed by atoms with Crippen molar-refractivity contribution in [1.82, 2.24) is 19.7 Å². The van der Waals surface area contributed by atoms with Crippen molar-refractivity contribution in [1.29, 1.82) is 0 Å². The molecule has 0 spiro atoms. The molecule has 0 atom stereocenters. The maximum atomic E-state index is 12.4. The topological polar surface area (TPSA) is 48.9 Å². The Morgan fingerprint density at radius 3 is 2.43 bits per heavy atom. The van der Waals surface area contributed by atoms with Crippen LogP contribution < -0.4 is 0 Å². The van der Waals surface area contributed by atoms with Crippen LogP contribution in [0.15, 0.2) is 24.4 Å². The van der Waals surface area contributed by atoms with Gasteiger partial charge in [0.2, 0.25) is 0 Å². The average Bonchev–Trinajstić information content (AvgIpc) is 2.57. The van der Waals surface area contributed by atoms with Crippen molar-refractivity contribution < 1.29 is 9.53 Å². The number of aromatic nitrogens is 1. The van der Waals surface area contributed by atoms with E-state index in [2.05, 4.69) is 9.88 Å². The molecule has 1 aromatic heterocycles. The predicted molar refractivity (Wildman–Crippen MR) is 78.9 cm³/mol. The second-order valence-corrected chi connectivity index (χ2v) is 5.47. The lowest BCUT2D eigenvalue weighted by atomic mass is 10.2. The summed E-state index contributed by atoms with van der Waals surface area (Å²) < 4.78 is 5.29. The van der Waals surface area contributed by atoms with Crippen molar-refractivity contribution in [3.8, 4) is 0 Å². The number of hydrogen-bond donors (Lipinski definition) is 0. The van der Waals surface area contributed by atoms with Gasteiger partial charge < -0.3 is 14.5 Å². The minimum absolute atomic E-state index is 0.163. The molecule has 6 nitrogen and oxygen atoms in total. The molecular weight excluding hydrogens is 268 g/mol. The van der Waals surface area contributed by atoms with Crippen LogP contribution >= 0.6 is 0 Å². The Morgan fingerprint density at radius 1 is 1.05 bits per heavy atom. The first kappa shape index (κ1) is 14.3. The molecule has 0 bridgehead atoms. The van der Waals surface area contributed by atoms with Crippen LogP contribution in [0.4, 0.5) is 4.79 Å². The number of rotatable bonds is 2. The number of nitrogens with zero attached hydrogens (tertiary/aromatic N) is 4. The van der Waals surface area contributed by atoms with Crippen molar-refractivity contribution in [2.24, 2.45) is 0 Å². The Kier molecular flexibility index (Phi) is 4.67. The van der Waals surface area contributed by atoms with E-state index in [1.54, 1.807) is 0 Å². The summed E-state index contributed by atoms with van der Waals surface area (Å²) in [5.74, 6) is 0. The van der Waals surface area contributed by atoms with E-state index < -0.39 is 0 Å². The van der Waals surface area contributed by atoms with Crippen LogP contribution in [0.3, 0.4) is 0 Å². The van der Waals surface area contributed by atoms with Crippen molar-refractivity contribution >= 4 is 6.03 Å². The van der Waals surface area contributed by atoms with Crippen LogP contribution in [0, 0.1) is 0 Å². The number of carbonyl (C=O) groups excluding carboxylic acids is 1. The molecule has 0 unspecified atom stereocenters. The molecule has 0 aliphatic carbocycles. The first-order valence-corrected chi connectivity index (χ1v) is 7.57. The summed E-state index contributed by atoms with van der Waals surface area (Å²) in [6.45, 7) is 7.02. The number of amides is 2. The summed E-state index contributed by atoms with van der Waals surface area (Å²) in [4.78, 5) is 23.0. The average molecular weight is 290 g/mol. The monoisotopic (exact) mass is 290 g/mol. The molecule has 2 amide bonds. The van der Waals surface area contributed by atoms with E-state index in [4.69, 9.17) is 4.74 Å². The Bertz CT molecular complexity index is 454. The second-order valence-electron chi connectivity index (χ2n) is 5.47. The van der Waals surface area contributed by atoms with Gasteiger partial charge in [0, 0.05) is 52.0 Å². The Morgan fingerprint density at radius 2 is 1.76 bits per heavy atom. The number of urea groups is 1. The van der Waals surface area contributed by atoms with Gasteiger partial charge in [-0.15, -0.1) is 0 Å². The van der Waals surface area contributed by atoms with E-state index in [9.17, 15) is 4.79 Å². The molecule has 0 saturated carbocycles. The molecule has 0 radical (unpaired) electrons. The van der Waals surface area contributed by atoms with Gasteiger partial charge in [0.05, 0.1) is 18.9 Å². The standard InChI is InChI=1S/C15H22N4O2/c20-15(19-9-11-21-12-10-19)18-7-5-17(6-8-18)13-14-3-1-2-4-16-14/h1-4H,5-13H2. The highest BCUT2D eigenvalue weighted by Crippen LogP contribution is 2.10. The summed E-state index contributed by atoms with van der Waals surface area (Å²) in [6, 6.07) is 6.16. The number of hydrogen-bond acceptors (Lipinski definition) is 4. The Labute approximate surface area is 125 Å². The maximum absolute atomic E-state index is 12.4. The molecule has 3 heterocycles. The molecule has 21 heavy (non-hydrogen) atoms. The fourth-order valence-electron chi connectivity index (χ4n) is 2.77. The number of carbonyl (C=O) groups is 1. The van der Waals surface area contributed by atoms with Gasteiger partial charge in [0.15, 0.2) is 0 Å². The summed E-state index contributed by atoms with van der Waals surface area (Å²) in [5, 5.41) is 0. The van der Waals surface area contributed by atoms with E-state index in [-0.39, 0.29) is 6.03 Å². The fourth-order valence-corrected chi connectivity index (χ4v) is 2.77. The van der Waals surface area contributed by atoms with Crippen LogP contribution in [-0.2, 0) is 11.3 Å². The largest absolute Gasteiger partial charge is 0.378 e.